The zero-order valence-electron chi connectivity index (χ0n) is 22.6. The van der Waals surface area contributed by atoms with Crippen molar-refractivity contribution in [3.63, 3.8) is 0 Å². The highest BCUT2D eigenvalue weighted by Crippen LogP contribution is 2.65. The Morgan fingerprint density at radius 1 is 1.26 bits per heavy atom. The number of carbonyl (C=O) groups excluding carboxylic acids is 2. The maximum atomic E-state index is 13.1. The molecule has 11 heteroatoms. The Bertz CT molecular complexity index is 1110. The van der Waals surface area contributed by atoms with Gasteiger partial charge in [-0.2, -0.15) is 13.2 Å². The number of likely N-dealkylation sites (tertiary alicyclic amines) is 1. The first-order valence-corrected chi connectivity index (χ1v) is 13.7. The molecule has 0 spiro atoms. The lowest BCUT2D eigenvalue weighted by Crippen LogP contribution is -2.65. The van der Waals surface area contributed by atoms with E-state index in [1.54, 1.807) is 4.90 Å². The number of piperidine rings is 1. The molecule has 3 aliphatic carbocycles. The first kappa shape index (κ1) is 28.0. The highest BCUT2D eigenvalue weighted by Gasteiger charge is 2.68. The molecule has 0 unspecified atom stereocenters. The van der Waals surface area contributed by atoms with Crippen molar-refractivity contribution in [2.75, 3.05) is 13.1 Å². The minimum Gasteiger partial charge on any atom is -0.444 e. The smallest absolute Gasteiger partial charge is 0.444 e. The van der Waals surface area contributed by atoms with Crippen LogP contribution < -0.4 is 5.32 Å². The molecule has 212 valence electrons. The second-order valence-electron chi connectivity index (χ2n) is 12.1. The number of alkyl carbamates (subject to hydrolysis) is 1. The third-order valence-corrected chi connectivity index (χ3v) is 9.48. The predicted molar refractivity (Wildman–Crippen MR) is 138 cm³/mol. The average Bonchev–Trinajstić information content (AvgIpc) is 3.25. The third-order valence-electron chi connectivity index (χ3n) is 9.48. The molecule has 1 N–H and O–H groups in total. The van der Waals surface area contributed by atoms with Crippen molar-refractivity contribution in [3.05, 3.63) is 48.0 Å². The number of carbonyl (C=O) groups is 2. The molecule has 0 aromatic heterocycles. The normalized spacial score (nSPS) is 32.1. The van der Waals surface area contributed by atoms with Crippen molar-refractivity contribution < 1.29 is 36.8 Å². The van der Waals surface area contributed by atoms with Gasteiger partial charge >= 0.3 is 19.4 Å². The van der Waals surface area contributed by atoms with Gasteiger partial charge in [-0.3, -0.25) is 4.79 Å². The number of benzene rings is 1. The van der Waals surface area contributed by atoms with Crippen molar-refractivity contribution in [1.29, 1.82) is 0 Å². The number of hydrogen-bond acceptors (Lipinski definition) is 5. The third kappa shape index (κ3) is 5.32. The number of rotatable bonds is 6. The van der Waals surface area contributed by atoms with E-state index in [4.69, 9.17) is 14.0 Å². The van der Waals surface area contributed by atoms with Gasteiger partial charge in [-0.1, -0.05) is 32.6 Å². The van der Waals surface area contributed by atoms with Gasteiger partial charge in [0, 0.05) is 6.54 Å². The van der Waals surface area contributed by atoms with Gasteiger partial charge in [0.1, 0.15) is 6.10 Å². The van der Waals surface area contributed by atoms with E-state index in [-0.39, 0.29) is 30.4 Å². The van der Waals surface area contributed by atoms with Crippen LogP contribution in [0.3, 0.4) is 0 Å². The molecule has 2 amide bonds. The fourth-order valence-corrected chi connectivity index (χ4v) is 7.07. The zero-order valence-corrected chi connectivity index (χ0v) is 22.6. The van der Waals surface area contributed by atoms with Crippen molar-refractivity contribution in [1.82, 2.24) is 10.2 Å². The number of hydrogen-bond donors (Lipinski definition) is 1. The summed E-state index contributed by atoms with van der Waals surface area (Å²) in [6.45, 7) is 10.9. The molecule has 3 saturated carbocycles. The van der Waals surface area contributed by atoms with Gasteiger partial charge in [0.2, 0.25) is 5.91 Å². The Kier molecular flexibility index (Phi) is 7.29. The molecule has 2 bridgehead atoms. The molecule has 2 aliphatic heterocycles. The molecule has 1 aromatic rings. The molecule has 0 radical (unpaired) electrons. The lowest BCUT2D eigenvalue weighted by Gasteiger charge is -2.64. The first-order chi connectivity index (χ1) is 18.3. The Morgan fingerprint density at radius 3 is 2.62 bits per heavy atom. The maximum absolute atomic E-state index is 13.1. The Balaban J connectivity index is 1.31. The minimum absolute atomic E-state index is 0.121. The molecule has 1 aromatic carbocycles. The summed E-state index contributed by atoms with van der Waals surface area (Å²) >= 11 is 0. The van der Waals surface area contributed by atoms with E-state index < -0.39 is 42.6 Å². The van der Waals surface area contributed by atoms with E-state index in [1.807, 2.05) is 0 Å². The molecule has 5 aliphatic rings. The number of amides is 2. The van der Waals surface area contributed by atoms with E-state index in [1.165, 1.54) is 18.2 Å². The van der Waals surface area contributed by atoms with Gasteiger partial charge in [0.25, 0.3) is 0 Å². The van der Waals surface area contributed by atoms with Gasteiger partial charge in [0.15, 0.2) is 0 Å². The molecule has 39 heavy (non-hydrogen) atoms. The summed E-state index contributed by atoms with van der Waals surface area (Å²) in [5.41, 5.74) is -0.512. The summed E-state index contributed by atoms with van der Waals surface area (Å²) in [7, 11) is -0.782. The molecular formula is C28H36BF3N2O5. The number of nitrogens with zero attached hydrogens (tertiary/aromatic N) is 1. The molecule has 2 heterocycles. The average molecular weight is 548 g/mol. The van der Waals surface area contributed by atoms with Crippen LogP contribution in [0.4, 0.5) is 18.0 Å². The number of nitrogens with one attached hydrogen (secondary N) is 1. The Hall–Kier alpha value is -2.53. The summed E-state index contributed by atoms with van der Waals surface area (Å²) in [6, 6.07) is 4.89. The molecule has 2 saturated heterocycles. The van der Waals surface area contributed by atoms with E-state index in [0.717, 1.165) is 25.0 Å². The first-order valence-electron chi connectivity index (χ1n) is 13.7. The summed E-state index contributed by atoms with van der Waals surface area (Å²) < 4.78 is 57.9. The lowest BCUT2D eigenvalue weighted by molar-refractivity contribution is -0.199. The monoisotopic (exact) mass is 548 g/mol. The summed E-state index contributed by atoms with van der Waals surface area (Å²) in [4.78, 5) is 26.7. The van der Waals surface area contributed by atoms with Crippen molar-refractivity contribution in [2.24, 2.45) is 17.3 Å². The highest BCUT2D eigenvalue weighted by molar-refractivity contribution is 6.47. The van der Waals surface area contributed by atoms with Crippen LogP contribution in [-0.2, 0) is 31.4 Å². The lowest BCUT2D eigenvalue weighted by atomic mass is 9.43. The van der Waals surface area contributed by atoms with Crippen molar-refractivity contribution >= 4 is 19.1 Å². The topological polar surface area (TPSA) is 77.1 Å². The Labute approximate surface area is 227 Å². The zero-order chi connectivity index (χ0) is 28.2. The quantitative estimate of drug-likeness (QED) is 0.409. The fourth-order valence-electron chi connectivity index (χ4n) is 7.07. The second-order valence-corrected chi connectivity index (χ2v) is 12.1. The van der Waals surface area contributed by atoms with E-state index in [2.05, 4.69) is 32.7 Å². The molecule has 6 rings (SSSR count). The van der Waals surface area contributed by atoms with E-state index in [0.29, 0.717) is 36.8 Å². The van der Waals surface area contributed by atoms with E-state index in [9.17, 15) is 22.8 Å². The second kappa shape index (κ2) is 10.1. The van der Waals surface area contributed by atoms with Crippen molar-refractivity contribution in [3.8, 4) is 0 Å². The molecule has 5 fully saturated rings. The SMILES string of the molecule is C=CC(=O)N1CCC[C@H](OC(=O)N[C@@H](Cc2ccc(C(F)(F)F)cc2)B2O[C@@H]3C[C@@H]4C[C@@H](C4(C)C)[C@]3(C)O2)C1. The van der Waals surface area contributed by atoms with Crippen LogP contribution in [-0.4, -0.2) is 60.9 Å². The largest absolute Gasteiger partial charge is 0.482 e. The van der Waals surface area contributed by atoms with Gasteiger partial charge in [-0.15, -0.1) is 0 Å². The summed E-state index contributed by atoms with van der Waals surface area (Å²) in [5.74, 6) is -0.0463. The van der Waals surface area contributed by atoms with Gasteiger partial charge in [-0.05, 0) is 80.1 Å². The van der Waals surface area contributed by atoms with E-state index >= 15 is 0 Å². The van der Waals surface area contributed by atoms with Gasteiger partial charge in [0.05, 0.1) is 29.8 Å². The van der Waals surface area contributed by atoms with Gasteiger partial charge in [-0.25, -0.2) is 4.79 Å². The fraction of sp³-hybridized carbons (Fsp3) is 0.643. The molecule has 6 atom stereocenters. The van der Waals surface area contributed by atoms with Crippen LogP contribution in [0.1, 0.15) is 57.6 Å². The van der Waals surface area contributed by atoms with Crippen LogP contribution >= 0.6 is 0 Å². The Morgan fingerprint density at radius 2 is 1.97 bits per heavy atom. The number of alkyl halides is 3. The highest BCUT2D eigenvalue weighted by atomic mass is 19.4. The number of ether oxygens (including phenoxy) is 1. The van der Waals surface area contributed by atoms with Crippen LogP contribution in [0.25, 0.3) is 0 Å². The standard InChI is InChI=1S/C28H36BF3N2O5/c1-5-24(35)34-12-6-7-20(16-34)37-25(36)33-23(13-17-8-10-18(11-9-17)28(30,31)32)29-38-22-15-19-14-21(26(19,2)3)27(22,4)39-29/h5,8-11,19-23H,1,6-7,12-16H2,2-4H3,(H,33,36)/t19-,20-,21-,22+,23-,27-/m0/s1. The van der Waals surface area contributed by atoms with Crippen LogP contribution in [0.15, 0.2) is 36.9 Å². The van der Waals surface area contributed by atoms with Crippen LogP contribution in [0.2, 0.25) is 0 Å². The molecule has 7 nitrogen and oxygen atoms in total. The number of halogens is 3. The maximum Gasteiger partial charge on any atom is 0.482 e. The molecular weight excluding hydrogens is 512 g/mol. The van der Waals surface area contributed by atoms with Gasteiger partial charge < -0.3 is 24.3 Å². The summed E-state index contributed by atoms with van der Waals surface area (Å²) in [6.07, 6.45) is -1.03. The predicted octanol–water partition coefficient (Wildman–Crippen LogP) is 4.79. The minimum atomic E-state index is -4.43. The van der Waals surface area contributed by atoms with Crippen LogP contribution in [0.5, 0.6) is 0 Å². The summed E-state index contributed by atoms with van der Waals surface area (Å²) in [5, 5.41) is 2.88. The van der Waals surface area contributed by atoms with Crippen molar-refractivity contribution in [2.45, 2.75) is 82.8 Å². The van der Waals surface area contributed by atoms with Crippen LogP contribution in [0, 0.1) is 17.3 Å².